The van der Waals surface area contributed by atoms with Gasteiger partial charge in [0.15, 0.2) is 5.15 Å². The number of rotatable bonds is 10. The van der Waals surface area contributed by atoms with E-state index in [0.29, 0.717) is 41.5 Å². The largest absolute Gasteiger partial charge is 0.489 e. The van der Waals surface area contributed by atoms with Crippen molar-refractivity contribution in [1.82, 2.24) is 15.5 Å². The molecule has 0 aliphatic rings. The Balaban J connectivity index is 1.55. The van der Waals surface area contributed by atoms with Crippen molar-refractivity contribution < 1.29 is 14.6 Å². The lowest BCUT2D eigenvalue weighted by Crippen LogP contribution is -2.32. The summed E-state index contributed by atoms with van der Waals surface area (Å²) in [5, 5.41) is 21.4. The van der Waals surface area contributed by atoms with Crippen LogP contribution >= 0.6 is 23.2 Å². The number of aromatic nitrogens is 2. The molecule has 8 heteroatoms. The summed E-state index contributed by atoms with van der Waals surface area (Å²) in [6.07, 6.45) is 0.140. The molecule has 0 bridgehead atoms. The summed E-state index contributed by atoms with van der Waals surface area (Å²) in [6.45, 7) is 3.74. The van der Waals surface area contributed by atoms with Crippen LogP contribution in [0.3, 0.4) is 0 Å². The summed E-state index contributed by atoms with van der Waals surface area (Å²) in [5.41, 5.74) is 1.05. The van der Waals surface area contributed by atoms with Gasteiger partial charge in [-0.2, -0.15) is 0 Å². The third kappa shape index (κ3) is 7.44. The Labute approximate surface area is 157 Å². The van der Waals surface area contributed by atoms with Crippen LogP contribution in [0.15, 0.2) is 30.3 Å². The van der Waals surface area contributed by atoms with Gasteiger partial charge in [0.2, 0.25) is 5.88 Å². The van der Waals surface area contributed by atoms with Gasteiger partial charge in [-0.1, -0.05) is 29.3 Å². The molecule has 1 heterocycles. The lowest BCUT2D eigenvalue weighted by Gasteiger charge is -2.14. The molecule has 1 aromatic heterocycles. The van der Waals surface area contributed by atoms with Gasteiger partial charge in [0.1, 0.15) is 18.5 Å². The first-order chi connectivity index (χ1) is 12.0. The van der Waals surface area contributed by atoms with E-state index >= 15 is 0 Å². The van der Waals surface area contributed by atoms with Gasteiger partial charge in [0.05, 0.1) is 11.6 Å². The maximum absolute atomic E-state index is 9.94. The van der Waals surface area contributed by atoms with Crippen LogP contribution in [0.1, 0.15) is 12.0 Å². The van der Waals surface area contributed by atoms with Crippen molar-refractivity contribution in [2.45, 2.75) is 19.4 Å². The maximum Gasteiger partial charge on any atom is 0.233 e. The molecule has 136 valence electrons. The topological polar surface area (TPSA) is 76.5 Å². The molecule has 0 amide bonds. The van der Waals surface area contributed by atoms with Crippen LogP contribution in [-0.4, -0.2) is 47.7 Å². The van der Waals surface area contributed by atoms with E-state index in [1.807, 2.05) is 19.1 Å². The number of ether oxygens (including phenoxy) is 2. The second kappa shape index (κ2) is 10.4. The molecule has 0 fully saturated rings. The zero-order valence-corrected chi connectivity index (χ0v) is 15.4. The van der Waals surface area contributed by atoms with Gasteiger partial charge >= 0.3 is 0 Å². The number of aliphatic hydroxyl groups excluding tert-OH is 1. The molecule has 6 nitrogen and oxygen atoms in total. The van der Waals surface area contributed by atoms with E-state index in [4.69, 9.17) is 32.7 Å². The smallest absolute Gasteiger partial charge is 0.233 e. The van der Waals surface area contributed by atoms with Gasteiger partial charge in [-0.25, -0.2) is 0 Å². The van der Waals surface area contributed by atoms with Gasteiger partial charge in [-0.15, -0.1) is 10.2 Å². The molecule has 25 heavy (non-hydrogen) atoms. The monoisotopic (exact) mass is 385 g/mol. The summed E-state index contributed by atoms with van der Waals surface area (Å²) in [4.78, 5) is 0. The molecule has 0 aliphatic carbocycles. The fourth-order valence-corrected chi connectivity index (χ4v) is 2.26. The van der Waals surface area contributed by atoms with Crippen LogP contribution in [0.2, 0.25) is 10.2 Å². The standard InChI is InChI=1S/C17H21Cl2N3O3/c1-12-3-4-14(18)15(9-12)25-11-13(23)10-20-7-2-8-24-17-6-5-16(19)21-22-17/h3-6,9,13,20,23H,2,7-8,10-11H2,1H3. The summed E-state index contributed by atoms with van der Waals surface area (Å²) in [6, 6.07) is 8.82. The van der Waals surface area contributed by atoms with Crippen molar-refractivity contribution in [3.8, 4) is 11.6 Å². The molecule has 1 unspecified atom stereocenters. The van der Waals surface area contributed by atoms with Crippen LogP contribution in [0, 0.1) is 6.92 Å². The molecule has 0 radical (unpaired) electrons. The minimum absolute atomic E-state index is 0.174. The fraction of sp³-hybridized carbons (Fsp3) is 0.412. The molecular weight excluding hydrogens is 365 g/mol. The molecule has 2 N–H and O–H groups in total. The second-order valence-corrected chi connectivity index (χ2v) is 6.29. The minimum atomic E-state index is -0.625. The first-order valence-corrected chi connectivity index (χ1v) is 8.70. The predicted molar refractivity (Wildman–Crippen MR) is 97.7 cm³/mol. The molecule has 2 aromatic rings. The highest BCUT2D eigenvalue weighted by atomic mass is 35.5. The van der Waals surface area contributed by atoms with E-state index in [0.717, 1.165) is 12.0 Å². The van der Waals surface area contributed by atoms with Gasteiger partial charge in [-0.3, -0.25) is 0 Å². The number of benzene rings is 1. The zero-order valence-electron chi connectivity index (χ0n) is 13.9. The van der Waals surface area contributed by atoms with Crippen molar-refractivity contribution in [2.75, 3.05) is 26.3 Å². The Morgan fingerprint density at radius 2 is 2.00 bits per heavy atom. The van der Waals surface area contributed by atoms with Crippen molar-refractivity contribution in [3.63, 3.8) is 0 Å². The third-order valence-corrected chi connectivity index (χ3v) is 3.77. The van der Waals surface area contributed by atoms with Crippen LogP contribution in [-0.2, 0) is 0 Å². The van der Waals surface area contributed by atoms with Crippen molar-refractivity contribution in [1.29, 1.82) is 0 Å². The Morgan fingerprint density at radius 3 is 2.76 bits per heavy atom. The zero-order chi connectivity index (χ0) is 18.1. The van der Waals surface area contributed by atoms with Crippen molar-refractivity contribution >= 4 is 23.2 Å². The molecule has 1 atom stereocenters. The van der Waals surface area contributed by atoms with E-state index in [1.165, 1.54) is 0 Å². The second-order valence-electron chi connectivity index (χ2n) is 5.50. The summed E-state index contributed by atoms with van der Waals surface area (Å²) in [5.74, 6) is 1.02. The molecule has 1 aromatic carbocycles. The van der Waals surface area contributed by atoms with E-state index in [2.05, 4.69) is 15.5 Å². The highest BCUT2D eigenvalue weighted by Gasteiger charge is 2.07. The van der Waals surface area contributed by atoms with Gasteiger partial charge in [0.25, 0.3) is 0 Å². The SMILES string of the molecule is Cc1ccc(Cl)c(OCC(O)CNCCCOc2ccc(Cl)nn2)c1. The third-order valence-electron chi connectivity index (χ3n) is 3.25. The Kier molecular flexibility index (Phi) is 8.21. The van der Waals surface area contributed by atoms with Crippen LogP contribution < -0.4 is 14.8 Å². The van der Waals surface area contributed by atoms with Crippen molar-refractivity contribution in [3.05, 3.63) is 46.1 Å². The number of hydrogen-bond donors (Lipinski definition) is 2. The first kappa shape index (κ1) is 19.7. The lowest BCUT2D eigenvalue weighted by molar-refractivity contribution is 0.106. The van der Waals surface area contributed by atoms with Crippen LogP contribution in [0.25, 0.3) is 0 Å². The number of hydrogen-bond acceptors (Lipinski definition) is 6. The average molecular weight is 386 g/mol. The fourth-order valence-electron chi connectivity index (χ4n) is 1.99. The van der Waals surface area contributed by atoms with E-state index in [1.54, 1.807) is 18.2 Å². The summed E-state index contributed by atoms with van der Waals surface area (Å²) < 4.78 is 11.0. The average Bonchev–Trinajstić information content (AvgIpc) is 2.60. The minimum Gasteiger partial charge on any atom is -0.489 e. The number of nitrogens with zero attached hydrogens (tertiary/aromatic N) is 2. The highest BCUT2D eigenvalue weighted by Crippen LogP contribution is 2.25. The van der Waals surface area contributed by atoms with Gasteiger partial charge < -0.3 is 19.9 Å². The number of aliphatic hydroxyl groups is 1. The normalized spacial score (nSPS) is 12.0. The quantitative estimate of drug-likeness (QED) is 0.612. The number of halogens is 2. The summed E-state index contributed by atoms with van der Waals surface area (Å²) in [7, 11) is 0. The lowest BCUT2D eigenvalue weighted by atomic mass is 10.2. The molecular formula is C17H21Cl2N3O3. The predicted octanol–water partition coefficient (Wildman–Crippen LogP) is 2.89. The number of aryl methyl sites for hydroxylation is 1. The Hall–Kier alpha value is -1.60. The Bertz CT molecular complexity index is 656. The summed E-state index contributed by atoms with van der Waals surface area (Å²) >= 11 is 11.7. The van der Waals surface area contributed by atoms with Gasteiger partial charge in [-0.05, 0) is 43.7 Å². The molecule has 0 saturated heterocycles. The highest BCUT2D eigenvalue weighted by molar-refractivity contribution is 6.32. The molecule has 0 aliphatic heterocycles. The first-order valence-electron chi connectivity index (χ1n) is 7.94. The van der Waals surface area contributed by atoms with Crippen molar-refractivity contribution in [2.24, 2.45) is 0 Å². The maximum atomic E-state index is 9.94. The molecule has 2 rings (SSSR count). The molecule has 0 saturated carbocycles. The molecule has 0 spiro atoms. The van der Waals surface area contributed by atoms with Crippen LogP contribution in [0.5, 0.6) is 11.6 Å². The van der Waals surface area contributed by atoms with E-state index in [-0.39, 0.29) is 6.61 Å². The Morgan fingerprint density at radius 1 is 1.16 bits per heavy atom. The van der Waals surface area contributed by atoms with E-state index in [9.17, 15) is 5.11 Å². The van der Waals surface area contributed by atoms with E-state index < -0.39 is 6.10 Å². The van der Waals surface area contributed by atoms with Crippen LogP contribution in [0.4, 0.5) is 0 Å². The van der Waals surface area contributed by atoms with Gasteiger partial charge in [0, 0.05) is 12.6 Å². The number of nitrogens with one attached hydrogen (secondary N) is 1.